The maximum Gasteiger partial charge on any atom is 0.186 e. The summed E-state index contributed by atoms with van der Waals surface area (Å²) in [7, 11) is 1.77. The van der Waals surface area contributed by atoms with Crippen LogP contribution in [0.2, 0.25) is 0 Å². The van der Waals surface area contributed by atoms with Crippen molar-refractivity contribution in [1.29, 1.82) is 0 Å². The number of rotatable bonds is 4. The highest BCUT2D eigenvalue weighted by Crippen LogP contribution is 2.05. The minimum Gasteiger partial charge on any atom is -0.364 e. The quantitative estimate of drug-likeness (QED) is 0.477. The summed E-state index contributed by atoms with van der Waals surface area (Å²) in [5.41, 5.74) is 4.99. The second-order valence-electron chi connectivity index (χ2n) is 3.37. The molecule has 0 aliphatic heterocycles. The second-order valence-corrected chi connectivity index (χ2v) is 3.77. The molecule has 16 heavy (non-hydrogen) atoms. The highest BCUT2D eigenvalue weighted by Gasteiger charge is 2.01. The van der Waals surface area contributed by atoms with Crippen LogP contribution in [0.4, 0.5) is 0 Å². The van der Waals surface area contributed by atoms with Crippen molar-refractivity contribution >= 4 is 23.0 Å². The van der Waals surface area contributed by atoms with Crippen LogP contribution in [0.1, 0.15) is 25.3 Å². The molecular formula is C12H17N3S. The van der Waals surface area contributed by atoms with Crippen LogP contribution < -0.4 is 10.7 Å². The number of benzene rings is 1. The Bertz CT molecular complexity index is 360. The lowest BCUT2D eigenvalue weighted by atomic mass is 10.1. The molecular weight excluding hydrogens is 218 g/mol. The third kappa shape index (κ3) is 3.98. The molecule has 3 nitrogen and oxygen atoms in total. The maximum absolute atomic E-state index is 4.98. The van der Waals surface area contributed by atoms with E-state index in [1.807, 2.05) is 18.2 Å². The number of nitrogens with zero attached hydrogens (tertiary/aromatic N) is 1. The van der Waals surface area contributed by atoms with E-state index >= 15 is 0 Å². The van der Waals surface area contributed by atoms with Crippen molar-refractivity contribution in [2.45, 2.75) is 19.8 Å². The fourth-order valence-corrected chi connectivity index (χ4v) is 1.35. The van der Waals surface area contributed by atoms with Crippen LogP contribution in [0.3, 0.4) is 0 Å². The van der Waals surface area contributed by atoms with Gasteiger partial charge in [-0.2, -0.15) is 5.10 Å². The third-order valence-electron chi connectivity index (χ3n) is 2.11. The summed E-state index contributed by atoms with van der Waals surface area (Å²) in [4.78, 5) is 0. The number of hydrogen-bond acceptors (Lipinski definition) is 2. The largest absolute Gasteiger partial charge is 0.364 e. The summed E-state index contributed by atoms with van der Waals surface area (Å²) < 4.78 is 0. The number of hydrazone groups is 1. The van der Waals surface area contributed by atoms with Crippen LogP contribution in [-0.2, 0) is 0 Å². The van der Waals surface area contributed by atoms with Crippen LogP contribution in [0.15, 0.2) is 35.4 Å². The molecule has 0 amide bonds. The Hall–Kier alpha value is -1.42. The fourth-order valence-electron chi connectivity index (χ4n) is 1.31. The van der Waals surface area contributed by atoms with Crippen LogP contribution in [0.25, 0.3) is 0 Å². The number of thiocarbonyl (C=S) groups is 1. The van der Waals surface area contributed by atoms with Crippen molar-refractivity contribution in [3.63, 3.8) is 0 Å². The predicted molar refractivity (Wildman–Crippen MR) is 72.7 cm³/mol. The Kier molecular flexibility index (Phi) is 5.50. The van der Waals surface area contributed by atoms with Crippen LogP contribution in [0.5, 0.6) is 0 Å². The zero-order valence-corrected chi connectivity index (χ0v) is 10.5. The zero-order chi connectivity index (χ0) is 11.8. The number of nitrogens with one attached hydrogen (secondary N) is 2. The van der Waals surface area contributed by atoms with Gasteiger partial charge in [-0.3, -0.25) is 5.43 Å². The molecule has 0 aromatic heterocycles. The molecule has 0 aliphatic rings. The van der Waals surface area contributed by atoms with Crippen molar-refractivity contribution in [3.8, 4) is 0 Å². The highest BCUT2D eigenvalue weighted by atomic mass is 32.1. The molecule has 0 spiro atoms. The Labute approximate surface area is 102 Å². The van der Waals surface area contributed by atoms with E-state index < -0.39 is 0 Å². The van der Waals surface area contributed by atoms with Gasteiger partial charge in [-0.15, -0.1) is 0 Å². The molecule has 0 saturated heterocycles. The third-order valence-corrected chi connectivity index (χ3v) is 2.41. The van der Waals surface area contributed by atoms with E-state index in [2.05, 4.69) is 34.9 Å². The van der Waals surface area contributed by atoms with Gasteiger partial charge < -0.3 is 5.32 Å². The number of hydrogen-bond donors (Lipinski definition) is 2. The molecule has 0 atom stereocenters. The Balaban J connectivity index is 2.78. The van der Waals surface area contributed by atoms with Crippen LogP contribution >= 0.6 is 12.2 Å². The molecule has 4 heteroatoms. The molecule has 1 rings (SSSR count). The lowest BCUT2D eigenvalue weighted by molar-refractivity contribution is 0.932. The normalized spacial score (nSPS) is 11.0. The van der Waals surface area contributed by atoms with Gasteiger partial charge in [0.25, 0.3) is 0 Å². The summed E-state index contributed by atoms with van der Waals surface area (Å²) in [5, 5.41) is 7.68. The van der Waals surface area contributed by atoms with Crippen molar-refractivity contribution in [2.24, 2.45) is 5.10 Å². The van der Waals surface area contributed by atoms with Gasteiger partial charge in [0.05, 0.1) is 5.71 Å². The molecule has 1 aromatic carbocycles. The van der Waals surface area contributed by atoms with Gasteiger partial charge in [-0.1, -0.05) is 43.7 Å². The summed E-state index contributed by atoms with van der Waals surface area (Å²) in [6, 6.07) is 10.1. The second kappa shape index (κ2) is 6.95. The Morgan fingerprint density at radius 1 is 1.31 bits per heavy atom. The molecule has 2 N–H and O–H groups in total. The standard InChI is InChI=1S/C12H17N3S/c1-3-7-11(14-15-12(16)13-2)10-8-5-4-6-9-10/h4-6,8-9H,3,7H2,1-2H3,(H2,13,15,16)/b14-11-. The summed E-state index contributed by atoms with van der Waals surface area (Å²) in [6.45, 7) is 2.13. The first-order valence-corrected chi connectivity index (χ1v) is 5.78. The van der Waals surface area contributed by atoms with E-state index in [0.29, 0.717) is 5.11 Å². The first-order valence-electron chi connectivity index (χ1n) is 5.37. The van der Waals surface area contributed by atoms with Gasteiger partial charge >= 0.3 is 0 Å². The average Bonchev–Trinajstić information content (AvgIpc) is 2.35. The van der Waals surface area contributed by atoms with Crippen LogP contribution in [0, 0.1) is 0 Å². The van der Waals surface area contributed by atoms with E-state index in [1.54, 1.807) is 7.05 Å². The Morgan fingerprint density at radius 2 is 2.00 bits per heavy atom. The smallest absolute Gasteiger partial charge is 0.186 e. The van der Waals surface area contributed by atoms with E-state index in [1.165, 1.54) is 0 Å². The predicted octanol–water partition coefficient (Wildman–Crippen LogP) is 2.28. The monoisotopic (exact) mass is 235 g/mol. The van der Waals surface area contributed by atoms with E-state index in [0.717, 1.165) is 24.1 Å². The molecule has 86 valence electrons. The molecule has 0 aliphatic carbocycles. The van der Waals surface area contributed by atoms with Gasteiger partial charge in [-0.25, -0.2) is 0 Å². The molecule has 0 unspecified atom stereocenters. The van der Waals surface area contributed by atoms with E-state index in [9.17, 15) is 0 Å². The van der Waals surface area contributed by atoms with Gasteiger partial charge in [0.2, 0.25) is 0 Å². The van der Waals surface area contributed by atoms with Crippen molar-refractivity contribution in [3.05, 3.63) is 35.9 Å². The van der Waals surface area contributed by atoms with E-state index in [4.69, 9.17) is 12.2 Å². The highest BCUT2D eigenvalue weighted by molar-refractivity contribution is 7.80. The first-order chi connectivity index (χ1) is 7.77. The molecule has 0 bridgehead atoms. The van der Waals surface area contributed by atoms with E-state index in [-0.39, 0.29) is 0 Å². The molecule has 1 aromatic rings. The van der Waals surface area contributed by atoms with Gasteiger partial charge in [0, 0.05) is 7.05 Å². The Morgan fingerprint density at radius 3 is 2.56 bits per heavy atom. The summed E-state index contributed by atoms with van der Waals surface area (Å²) in [5.74, 6) is 0. The zero-order valence-electron chi connectivity index (χ0n) is 9.66. The van der Waals surface area contributed by atoms with Crippen molar-refractivity contribution < 1.29 is 0 Å². The van der Waals surface area contributed by atoms with Crippen molar-refractivity contribution in [1.82, 2.24) is 10.7 Å². The SMILES string of the molecule is CCC/C(=N/NC(=S)NC)c1ccccc1. The fraction of sp³-hybridized carbons (Fsp3) is 0.333. The molecule has 0 fully saturated rings. The topological polar surface area (TPSA) is 36.4 Å². The average molecular weight is 235 g/mol. The van der Waals surface area contributed by atoms with Gasteiger partial charge in [-0.05, 0) is 24.2 Å². The minimum absolute atomic E-state index is 0.532. The van der Waals surface area contributed by atoms with Crippen molar-refractivity contribution in [2.75, 3.05) is 7.05 Å². The van der Waals surface area contributed by atoms with Gasteiger partial charge in [0.15, 0.2) is 5.11 Å². The first kappa shape index (κ1) is 12.6. The minimum atomic E-state index is 0.532. The molecule has 0 saturated carbocycles. The van der Waals surface area contributed by atoms with Crippen LogP contribution in [-0.4, -0.2) is 17.9 Å². The lowest BCUT2D eigenvalue weighted by Gasteiger charge is -2.07. The molecule has 0 heterocycles. The summed E-state index contributed by atoms with van der Waals surface area (Å²) >= 11 is 4.98. The summed E-state index contributed by atoms with van der Waals surface area (Å²) in [6.07, 6.45) is 1.99. The lowest BCUT2D eigenvalue weighted by Crippen LogP contribution is -2.29. The molecule has 0 radical (unpaired) electrons. The maximum atomic E-state index is 4.98. The van der Waals surface area contributed by atoms with Gasteiger partial charge in [0.1, 0.15) is 0 Å².